The number of nitrogens with one attached hydrogen (secondary N) is 1. The van der Waals surface area contributed by atoms with E-state index in [0.29, 0.717) is 0 Å². The third-order valence-electron chi connectivity index (χ3n) is 3.91. The fraction of sp³-hybridized carbons (Fsp3) is 0.857. The summed E-state index contributed by atoms with van der Waals surface area (Å²) in [6.45, 7) is 0.221. The van der Waals surface area contributed by atoms with E-state index in [2.05, 4.69) is 5.32 Å². The summed E-state index contributed by atoms with van der Waals surface area (Å²) in [5, 5.41) is 11.5. The highest BCUT2D eigenvalue weighted by Crippen LogP contribution is 2.20. The van der Waals surface area contributed by atoms with Crippen LogP contribution >= 0.6 is 0 Å². The fourth-order valence-corrected chi connectivity index (χ4v) is 2.57. The van der Waals surface area contributed by atoms with Crippen molar-refractivity contribution in [3.05, 3.63) is 0 Å². The quantitative estimate of drug-likeness (QED) is 0.730. The second-order valence-electron chi connectivity index (χ2n) is 5.40. The van der Waals surface area contributed by atoms with Crippen LogP contribution in [0.5, 0.6) is 0 Å². The number of methoxy groups -OCH3 is 1. The number of rotatable bonds is 6. The van der Waals surface area contributed by atoms with Crippen LogP contribution in [0.2, 0.25) is 0 Å². The number of nitrogens with zero attached hydrogens (tertiary/aromatic N) is 1. The molecule has 6 heteroatoms. The van der Waals surface area contributed by atoms with E-state index in [4.69, 9.17) is 9.84 Å². The fourth-order valence-electron chi connectivity index (χ4n) is 2.57. The van der Waals surface area contributed by atoms with Crippen molar-refractivity contribution in [2.24, 2.45) is 0 Å². The van der Waals surface area contributed by atoms with E-state index in [1.165, 1.54) is 32.8 Å². The molecule has 0 bridgehead atoms. The molecule has 2 amide bonds. The Morgan fingerprint density at radius 1 is 1.30 bits per heavy atom. The van der Waals surface area contributed by atoms with Crippen molar-refractivity contribution in [1.29, 1.82) is 0 Å². The molecule has 0 aromatic heterocycles. The largest absolute Gasteiger partial charge is 0.481 e. The number of carbonyl (C=O) groups is 2. The Hall–Kier alpha value is -1.30. The van der Waals surface area contributed by atoms with E-state index >= 15 is 0 Å². The standard InChI is InChI=1S/C14H26N2O4/c1-16(11-7-5-3-4-6-8-11)14(19)15-10-12(20-2)9-13(17)18/h11-12H,3-10H2,1-2H3,(H,15,19)(H,17,18). The summed E-state index contributed by atoms with van der Waals surface area (Å²) in [4.78, 5) is 24.5. The number of hydrogen-bond acceptors (Lipinski definition) is 3. The number of carboxylic acids is 1. The molecule has 1 unspecified atom stereocenters. The average molecular weight is 286 g/mol. The molecule has 1 saturated carbocycles. The van der Waals surface area contributed by atoms with Gasteiger partial charge in [-0.15, -0.1) is 0 Å². The second kappa shape index (κ2) is 8.79. The zero-order valence-corrected chi connectivity index (χ0v) is 12.4. The van der Waals surface area contributed by atoms with Crippen molar-refractivity contribution >= 4 is 12.0 Å². The molecule has 1 aliphatic rings. The van der Waals surface area contributed by atoms with Crippen LogP contribution in [0.15, 0.2) is 0 Å². The number of aliphatic carboxylic acids is 1. The van der Waals surface area contributed by atoms with Crippen LogP contribution in [0, 0.1) is 0 Å². The molecular formula is C14H26N2O4. The predicted molar refractivity (Wildman–Crippen MR) is 75.7 cm³/mol. The Morgan fingerprint density at radius 2 is 1.90 bits per heavy atom. The van der Waals surface area contributed by atoms with Gasteiger partial charge in [0, 0.05) is 26.7 Å². The van der Waals surface area contributed by atoms with Crippen LogP contribution in [-0.4, -0.2) is 54.9 Å². The highest BCUT2D eigenvalue weighted by Gasteiger charge is 2.22. The maximum absolute atomic E-state index is 12.1. The summed E-state index contributed by atoms with van der Waals surface area (Å²) in [6.07, 6.45) is 6.33. The summed E-state index contributed by atoms with van der Waals surface area (Å²) in [6, 6.07) is 0.141. The average Bonchev–Trinajstić information content (AvgIpc) is 2.70. The zero-order chi connectivity index (χ0) is 15.0. The van der Waals surface area contributed by atoms with Crippen molar-refractivity contribution in [1.82, 2.24) is 10.2 Å². The Labute approximate surface area is 120 Å². The molecular weight excluding hydrogens is 260 g/mol. The molecule has 20 heavy (non-hydrogen) atoms. The summed E-state index contributed by atoms with van der Waals surface area (Å²) < 4.78 is 5.04. The van der Waals surface area contributed by atoms with Crippen molar-refractivity contribution < 1.29 is 19.4 Å². The van der Waals surface area contributed by atoms with Crippen molar-refractivity contribution in [3.8, 4) is 0 Å². The molecule has 0 aromatic rings. The molecule has 116 valence electrons. The van der Waals surface area contributed by atoms with Gasteiger partial charge in [-0.3, -0.25) is 4.79 Å². The minimum Gasteiger partial charge on any atom is -0.481 e. The highest BCUT2D eigenvalue weighted by molar-refractivity contribution is 5.74. The Morgan fingerprint density at radius 3 is 2.40 bits per heavy atom. The molecule has 1 fully saturated rings. The van der Waals surface area contributed by atoms with E-state index in [-0.39, 0.29) is 25.0 Å². The number of urea groups is 1. The Kier molecular flexibility index (Phi) is 7.36. The molecule has 1 atom stereocenters. The SMILES string of the molecule is COC(CNC(=O)N(C)C1CCCCCC1)CC(=O)O. The lowest BCUT2D eigenvalue weighted by Crippen LogP contribution is -2.46. The number of carboxylic acid groups (broad SMARTS) is 1. The van der Waals surface area contributed by atoms with Crippen LogP contribution in [-0.2, 0) is 9.53 Å². The molecule has 0 heterocycles. The topological polar surface area (TPSA) is 78.9 Å². The summed E-state index contributed by atoms with van der Waals surface area (Å²) >= 11 is 0. The summed E-state index contributed by atoms with van der Waals surface area (Å²) in [5.41, 5.74) is 0. The van der Waals surface area contributed by atoms with Crippen molar-refractivity contribution in [2.45, 2.75) is 57.1 Å². The predicted octanol–water partition coefficient (Wildman–Crippen LogP) is 1.84. The van der Waals surface area contributed by atoms with Gasteiger partial charge in [0.25, 0.3) is 0 Å². The molecule has 1 aliphatic carbocycles. The molecule has 0 aliphatic heterocycles. The summed E-state index contributed by atoms with van der Waals surface area (Å²) in [5.74, 6) is -0.928. The minimum atomic E-state index is -0.928. The first-order valence-corrected chi connectivity index (χ1v) is 7.29. The second-order valence-corrected chi connectivity index (χ2v) is 5.40. The smallest absolute Gasteiger partial charge is 0.317 e. The van der Waals surface area contributed by atoms with Crippen molar-refractivity contribution in [2.75, 3.05) is 20.7 Å². The lowest BCUT2D eigenvalue weighted by atomic mass is 10.1. The number of ether oxygens (including phenoxy) is 1. The Bertz CT molecular complexity index is 314. The number of hydrogen-bond donors (Lipinski definition) is 2. The third-order valence-corrected chi connectivity index (χ3v) is 3.91. The first-order chi connectivity index (χ1) is 9.54. The van der Waals surface area contributed by atoms with Crippen LogP contribution < -0.4 is 5.32 Å². The van der Waals surface area contributed by atoms with Gasteiger partial charge in [-0.25, -0.2) is 4.79 Å². The minimum absolute atomic E-state index is 0.107. The van der Waals surface area contributed by atoms with Gasteiger partial charge in [0.15, 0.2) is 0 Å². The number of carbonyl (C=O) groups excluding carboxylic acids is 1. The van der Waals surface area contributed by atoms with Gasteiger partial charge in [0.2, 0.25) is 0 Å². The maximum atomic E-state index is 12.1. The molecule has 1 rings (SSSR count). The van der Waals surface area contributed by atoms with E-state index in [9.17, 15) is 9.59 Å². The summed E-state index contributed by atoms with van der Waals surface area (Å²) in [7, 11) is 3.26. The Balaban J connectivity index is 2.38. The first-order valence-electron chi connectivity index (χ1n) is 7.29. The van der Waals surface area contributed by atoms with Gasteiger partial charge >= 0.3 is 12.0 Å². The lowest BCUT2D eigenvalue weighted by Gasteiger charge is -2.28. The van der Waals surface area contributed by atoms with Crippen LogP contribution in [0.25, 0.3) is 0 Å². The van der Waals surface area contributed by atoms with E-state index < -0.39 is 12.1 Å². The van der Waals surface area contributed by atoms with E-state index in [0.717, 1.165) is 12.8 Å². The molecule has 0 radical (unpaired) electrons. The van der Waals surface area contributed by atoms with Crippen LogP contribution in [0.3, 0.4) is 0 Å². The van der Waals surface area contributed by atoms with Crippen LogP contribution in [0.4, 0.5) is 4.79 Å². The maximum Gasteiger partial charge on any atom is 0.317 e. The monoisotopic (exact) mass is 286 g/mol. The molecule has 2 N–H and O–H groups in total. The van der Waals surface area contributed by atoms with Gasteiger partial charge in [0.05, 0.1) is 12.5 Å². The molecule has 0 aromatic carbocycles. The molecule has 0 spiro atoms. The lowest BCUT2D eigenvalue weighted by molar-refractivity contribution is -0.139. The van der Waals surface area contributed by atoms with Gasteiger partial charge < -0.3 is 20.1 Å². The zero-order valence-electron chi connectivity index (χ0n) is 12.4. The van der Waals surface area contributed by atoms with Crippen LogP contribution in [0.1, 0.15) is 44.9 Å². The van der Waals surface area contributed by atoms with Gasteiger partial charge in [-0.05, 0) is 12.8 Å². The molecule has 0 saturated heterocycles. The van der Waals surface area contributed by atoms with Gasteiger partial charge in [0.1, 0.15) is 0 Å². The van der Waals surface area contributed by atoms with Gasteiger partial charge in [-0.2, -0.15) is 0 Å². The number of amides is 2. The van der Waals surface area contributed by atoms with E-state index in [1.54, 1.807) is 4.90 Å². The van der Waals surface area contributed by atoms with Gasteiger partial charge in [-0.1, -0.05) is 25.7 Å². The first kappa shape index (κ1) is 16.8. The highest BCUT2D eigenvalue weighted by atomic mass is 16.5. The normalized spacial score (nSPS) is 18.1. The van der Waals surface area contributed by atoms with E-state index in [1.807, 2.05) is 7.05 Å². The van der Waals surface area contributed by atoms with Crippen molar-refractivity contribution in [3.63, 3.8) is 0 Å². The third kappa shape index (κ3) is 5.77. The molecule has 6 nitrogen and oxygen atoms in total.